The van der Waals surface area contributed by atoms with Gasteiger partial charge in [-0.25, -0.2) is 8.42 Å². The molecule has 0 radical (unpaired) electrons. The van der Waals surface area contributed by atoms with Crippen molar-refractivity contribution in [2.24, 2.45) is 0 Å². The van der Waals surface area contributed by atoms with Crippen molar-refractivity contribution in [2.45, 2.75) is 24.4 Å². The van der Waals surface area contributed by atoms with Crippen LogP contribution in [0, 0.1) is 6.92 Å². The summed E-state index contributed by atoms with van der Waals surface area (Å²) in [5.41, 5.74) is -0.736. The summed E-state index contributed by atoms with van der Waals surface area (Å²) in [6.07, 6.45) is -4.20. The van der Waals surface area contributed by atoms with Crippen LogP contribution >= 0.6 is 0 Å². The number of alkyl halides is 3. The second-order valence-corrected chi connectivity index (χ2v) is 8.74. The minimum absolute atomic E-state index is 0.00748. The van der Waals surface area contributed by atoms with E-state index in [-0.39, 0.29) is 22.9 Å². The van der Waals surface area contributed by atoms with Crippen LogP contribution in [0.3, 0.4) is 0 Å². The van der Waals surface area contributed by atoms with Crippen LogP contribution in [0.15, 0.2) is 47.4 Å². The average Bonchev–Trinajstić information content (AvgIpc) is 2.74. The summed E-state index contributed by atoms with van der Waals surface area (Å²) in [6.45, 7) is 1.55. The molecule has 0 aliphatic carbocycles. The van der Waals surface area contributed by atoms with E-state index in [1.54, 1.807) is 13.0 Å². The third-order valence-electron chi connectivity index (χ3n) is 4.48. The van der Waals surface area contributed by atoms with Gasteiger partial charge < -0.3 is 14.8 Å². The van der Waals surface area contributed by atoms with Crippen LogP contribution in [0.5, 0.6) is 5.75 Å². The molecule has 0 unspecified atom stereocenters. The number of anilines is 1. The summed E-state index contributed by atoms with van der Waals surface area (Å²) in [5, 5.41) is 2.55. The lowest BCUT2D eigenvalue weighted by atomic mass is 10.2. The van der Waals surface area contributed by atoms with E-state index in [2.05, 4.69) is 5.32 Å². The lowest BCUT2D eigenvalue weighted by Gasteiger charge is -2.26. The predicted molar refractivity (Wildman–Crippen MR) is 113 cm³/mol. The van der Waals surface area contributed by atoms with Gasteiger partial charge in [0, 0.05) is 20.3 Å². The molecule has 2 aromatic carbocycles. The summed E-state index contributed by atoms with van der Waals surface area (Å²) < 4.78 is 77.4. The van der Waals surface area contributed by atoms with Gasteiger partial charge in [0.2, 0.25) is 5.91 Å². The second kappa shape index (κ2) is 10.7. The van der Waals surface area contributed by atoms with Crippen LogP contribution in [0.25, 0.3) is 0 Å². The van der Waals surface area contributed by atoms with E-state index in [0.29, 0.717) is 29.0 Å². The number of halogens is 3. The number of aryl methyl sites for hydroxylation is 1. The molecular formula is C21H25F3N2O5S. The standard InChI is InChI=1S/C21H25F3N2O5S/c1-15-8-9-18(31-3)19(12-15)32(28,29)26(14-20(27)25-10-5-11-30-2)17-7-4-6-16(13-17)21(22,23)24/h4,6-9,12-13H,5,10-11,14H2,1-3H3,(H,25,27). The Morgan fingerprint density at radius 3 is 2.47 bits per heavy atom. The van der Waals surface area contributed by atoms with Crippen molar-refractivity contribution in [3.05, 3.63) is 53.6 Å². The summed E-state index contributed by atoms with van der Waals surface area (Å²) in [7, 11) is -1.68. The third-order valence-corrected chi connectivity index (χ3v) is 6.28. The normalized spacial score (nSPS) is 11.8. The first-order valence-electron chi connectivity index (χ1n) is 9.61. The average molecular weight is 475 g/mol. The largest absolute Gasteiger partial charge is 0.495 e. The lowest BCUT2D eigenvalue weighted by molar-refractivity contribution is -0.137. The first-order chi connectivity index (χ1) is 15.0. The van der Waals surface area contributed by atoms with Crippen molar-refractivity contribution in [2.75, 3.05) is 38.2 Å². The molecule has 1 amide bonds. The van der Waals surface area contributed by atoms with Gasteiger partial charge in [0.15, 0.2) is 0 Å². The third kappa shape index (κ3) is 6.36. The molecule has 0 aliphatic heterocycles. The van der Waals surface area contributed by atoms with E-state index in [0.717, 1.165) is 12.1 Å². The van der Waals surface area contributed by atoms with E-state index in [1.807, 2.05) is 0 Å². The van der Waals surface area contributed by atoms with Gasteiger partial charge in [-0.15, -0.1) is 0 Å². The molecule has 7 nitrogen and oxygen atoms in total. The van der Waals surface area contributed by atoms with Gasteiger partial charge in [-0.05, 0) is 49.2 Å². The molecule has 0 aliphatic rings. The van der Waals surface area contributed by atoms with Crippen molar-refractivity contribution < 1.29 is 35.9 Å². The van der Waals surface area contributed by atoms with Gasteiger partial charge >= 0.3 is 6.18 Å². The molecule has 2 aromatic rings. The number of nitrogens with one attached hydrogen (secondary N) is 1. The van der Waals surface area contributed by atoms with Crippen LogP contribution in [0.4, 0.5) is 18.9 Å². The first-order valence-corrected chi connectivity index (χ1v) is 11.0. The van der Waals surface area contributed by atoms with E-state index < -0.39 is 34.2 Å². The number of nitrogens with zero attached hydrogens (tertiary/aromatic N) is 1. The zero-order valence-corrected chi connectivity index (χ0v) is 18.7. The maximum absolute atomic E-state index is 13.5. The molecular weight excluding hydrogens is 449 g/mol. The minimum atomic E-state index is -4.69. The monoisotopic (exact) mass is 474 g/mol. The van der Waals surface area contributed by atoms with E-state index in [9.17, 15) is 26.4 Å². The fourth-order valence-corrected chi connectivity index (χ4v) is 4.54. The summed E-state index contributed by atoms with van der Waals surface area (Å²) in [6, 6.07) is 8.22. The highest BCUT2D eigenvalue weighted by molar-refractivity contribution is 7.93. The Bertz CT molecular complexity index is 1040. The van der Waals surface area contributed by atoms with Gasteiger partial charge in [-0.3, -0.25) is 9.10 Å². The smallest absolute Gasteiger partial charge is 0.416 e. The van der Waals surface area contributed by atoms with Crippen LogP contribution in [-0.2, 0) is 25.7 Å². The van der Waals surface area contributed by atoms with E-state index in [1.165, 1.54) is 32.4 Å². The molecule has 0 bridgehead atoms. The Morgan fingerprint density at radius 1 is 1.12 bits per heavy atom. The highest BCUT2D eigenvalue weighted by Crippen LogP contribution is 2.35. The Balaban J connectivity index is 2.51. The van der Waals surface area contributed by atoms with E-state index in [4.69, 9.17) is 9.47 Å². The zero-order chi connectivity index (χ0) is 23.9. The maximum atomic E-state index is 13.5. The predicted octanol–water partition coefficient (Wildman–Crippen LogP) is 3.37. The number of sulfonamides is 1. The summed E-state index contributed by atoms with van der Waals surface area (Å²) in [4.78, 5) is 12.2. The number of ether oxygens (including phenoxy) is 2. The number of amides is 1. The highest BCUT2D eigenvalue weighted by atomic mass is 32.2. The van der Waals surface area contributed by atoms with Crippen molar-refractivity contribution in [3.63, 3.8) is 0 Å². The highest BCUT2D eigenvalue weighted by Gasteiger charge is 2.34. The molecule has 0 atom stereocenters. The Morgan fingerprint density at radius 2 is 1.84 bits per heavy atom. The number of hydrogen-bond donors (Lipinski definition) is 1. The van der Waals surface area contributed by atoms with Gasteiger partial charge in [0.1, 0.15) is 17.2 Å². The second-order valence-electron chi connectivity index (χ2n) is 6.91. The van der Waals surface area contributed by atoms with Crippen LogP contribution in [0.2, 0.25) is 0 Å². The number of carbonyl (C=O) groups excluding carboxylic acids is 1. The SMILES string of the molecule is COCCCNC(=O)CN(c1cccc(C(F)(F)F)c1)S(=O)(=O)c1cc(C)ccc1OC. The Hall–Kier alpha value is -2.79. The molecule has 2 rings (SSSR count). The van der Waals surface area contributed by atoms with Crippen molar-refractivity contribution in [3.8, 4) is 5.75 Å². The minimum Gasteiger partial charge on any atom is -0.495 e. The molecule has 0 aromatic heterocycles. The molecule has 176 valence electrons. The molecule has 0 heterocycles. The summed E-state index contributed by atoms with van der Waals surface area (Å²) >= 11 is 0. The molecule has 0 fully saturated rings. The Labute approximate surface area is 185 Å². The van der Waals surface area contributed by atoms with Gasteiger partial charge in [0.25, 0.3) is 10.0 Å². The lowest BCUT2D eigenvalue weighted by Crippen LogP contribution is -2.41. The van der Waals surface area contributed by atoms with Crippen molar-refractivity contribution in [1.82, 2.24) is 5.32 Å². The zero-order valence-electron chi connectivity index (χ0n) is 17.9. The fourth-order valence-electron chi connectivity index (χ4n) is 2.89. The van der Waals surface area contributed by atoms with Crippen LogP contribution in [-0.4, -0.2) is 48.2 Å². The van der Waals surface area contributed by atoms with Gasteiger partial charge in [-0.1, -0.05) is 12.1 Å². The molecule has 0 spiro atoms. The topological polar surface area (TPSA) is 84.9 Å². The number of benzene rings is 2. The van der Waals surface area contributed by atoms with Gasteiger partial charge in [0.05, 0.1) is 18.4 Å². The van der Waals surface area contributed by atoms with Gasteiger partial charge in [-0.2, -0.15) is 13.2 Å². The van der Waals surface area contributed by atoms with Crippen molar-refractivity contribution in [1.29, 1.82) is 0 Å². The Kier molecular flexibility index (Phi) is 8.51. The number of rotatable bonds is 10. The maximum Gasteiger partial charge on any atom is 0.416 e. The van der Waals surface area contributed by atoms with Crippen molar-refractivity contribution >= 4 is 21.6 Å². The first kappa shape index (κ1) is 25.5. The number of carbonyl (C=O) groups is 1. The fraction of sp³-hybridized carbons (Fsp3) is 0.381. The number of hydrogen-bond acceptors (Lipinski definition) is 5. The number of methoxy groups -OCH3 is 2. The molecule has 32 heavy (non-hydrogen) atoms. The molecule has 1 N–H and O–H groups in total. The summed E-state index contributed by atoms with van der Waals surface area (Å²) in [5.74, 6) is -0.665. The molecule has 0 saturated carbocycles. The molecule has 0 saturated heterocycles. The van der Waals surface area contributed by atoms with Crippen LogP contribution < -0.4 is 14.4 Å². The van der Waals surface area contributed by atoms with Crippen LogP contribution in [0.1, 0.15) is 17.5 Å². The van der Waals surface area contributed by atoms with E-state index >= 15 is 0 Å². The molecule has 11 heteroatoms. The quantitative estimate of drug-likeness (QED) is 0.534.